The van der Waals surface area contributed by atoms with Gasteiger partial charge in [-0.15, -0.1) is 11.3 Å². The molecule has 31 heavy (non-hydrogen) atoms. The standard InChI is InChI=1S/C24H23NO5S/c1-3-28-24(27)22-18(16-6-4-15(2)5-7-16)14-31-23(22)25-13-19(26)17-8-9-20-21(12-17)30-11-10-29-20/h4-9,12,14,25H,3,10-11,13H2,1-2H3. The molecular formula is C24H23NO5S. The molecule has 0 fully saturated rings. The number of carbonyl (C=O) groups excluding carboxylic acids is 2. The highest BCUT2D eigenvalue weighted by Crippen LogP contribution is 2.36. The Kier molecular flexibility index (Phi) is 6.23. The fourth-order valence-corrected chi connectivity index (χ4v) is 4.28. The molecule has 160 valence electrons. The van der Waals surface area contributed by atoms with E-state index in [-0.39, 0.29) is 18.9 Å². The number of esters is 1. The number of anilines is 1. The van der Waals surface area contributed by atoms with Crippen molar-refractivity contribution < 1.29 is 23.8 Å². The van der Waals surface area contributed by atoms with Gasteiger partial charge in [0.1, 0.15) is 23.8 Å². The van der Waals surface area contributed by atoms with Gasteiger partial charge in [-0.3, -0.25) is 4.79 Å². The number of fused-ring (bicyclic) bond motifs is 1. The summed E-state index contributed by atoms with van der Waals surface area (Å²) in [6.45, 7) is 5.06. The average molecular weight is 438 g/mol. The van der Waals surface area contributed by atoms with E-state index in [4.69, 9.17) is 14.2 Å². The van der Waals surface area contributed by atoms with Crippen LogP contribution in [-0.4, -0.2) is 38.1 Å². The lowest BCUT2D eigenvalue weighted by atomic mass is 10.0. The van der Waals surface area contributed by atoms with Crippen molar-refractivity contribution in [2.45, 2.75) is 13.8 Å². The molecule has 0 saturated heterocycles. The molecule has 0 aliphatic carbocycles. The third-order valence-corrected chi connectivity index (χ3v) is 5.84. The maximum Gasteiger partial charge on any atom is 0.341 e. The molecule has 1 aliphatic rings. The Morgan fingerprint density at radius 3 is 2.55 bits per heavy atom. The minimum absolute atomic E-state index is 0.0416. The van der Waals surface area contributed by atoms with E-state index in [0.29, 0.717) is 40.8 Å². The van der Waals surface area contributed by atoms with Crippen LogP contribution in [0.1, 0.15) is 33.2 Å². The molecule has 0 atom stereocenters. The summed E-state index contributed by atoms with van der Waals surface area (Å²) in [4.78, 5) is 25.4. The highest BCUT2D eigenvalue weighted by atomic mass is 32.1. The number of hydrogen-bond donors (Lipinski definition) is 1. The molecular weight excluding hydrogens is 414 g/mol. The van der Waals surface area contributed by atoms with Crippen LogP contribution in [0.4, 0.5) is 5.00 Å². The van der Waals surface area contributed by atoms with E-state index in [0.717, 1.165) is 16.7 Å². The Bertz CT molecular complexity index is 1100. The Balaban J connectivity index is 1.56. The van der Waals surface area contributed by atoms with E-state index in [1.807, 2.05) is 36.6 Å². The molecule has 0 unspecified atom stereocenters. The van der Waals surface area contributed by atoms with Crippen molar-refractivity contribution in [1.82, 2.24) is 0 Å². The number of nitrogens with one attached hydrogen (secondary N) is 1. The first kappa shape index (κ1) is 20.9. The van der Waals surface area contributed by atoms with Gasteiger partial charge in [0.15, 0.2) is 17.3 Å². The first-order chi connectivity index (χ1) is 15.1. The average Bonchev–Trinajstić information content (AvgIpc) is 3.22. The Hall–Kier alpha value is -3.32. The van der Waals surface area contributed by atoms with E-state index < -0.39 is 5.97 Å². The molecule has 0 saturated carbocycles. The van der Waals surface area contributed by atoms with E-state index >= 15 is 0 Å². The van der Waals surface area contributed by atoms with Crippen LogP contribution in [-0.2, 0) is 4.74 Å². The first-order valence-electron chi connectivity index (χ1n) is 10.1. The first-order valence-corrected chi connectivity index (χ1v) is 11.0. The summed E-state index contributed by atoms with van der Waals surface area (Å²) in [7, 11) is 0. The van der Waals surface area contributed by atoms with Crippen molar-refractivity contribution in [3.05, 3.63) is 64.5 Å². The van der Waals surface area contributed by atoms with Crippen molar-refractivity contribution in [2.24, 2.45) is 0 Å². The topological polar surface area (TPSA) is 73.9 Å². The molecule has 6 nitrogen and oxygen atoms in total. The van der Waals surface area contributed by atoms with Crippen molar-refractivity contribution in [1.29, 1.82) is 0 Å². The number of aryl methyl sites for hydroxylation is 1. The van der Waals surface area contributed by atoms with Gasteiger partial charge in [-0.1, -0.05) is 29.8 Å². The number of rotatable bonds is 7. The maximum atomic E-state index is 12.8. The SMILES string of the molecule is CCOC(=O)c1c(-c2ccc(C)cc2)csc1NCC(=O)c1ccc2c(c1)OCCO2. The van der Waals surface area contributed by atoms with Gasteiger partial charge in [0.2, 0.25) is 0 Å². The lowest BCUT2D eigenvalue weighted by molar-refractivity contribution is 0.0528. The van der Waals surface area contributed by atoms with Gasteiger partial charge in [-0.2, -0.15) is 0 Å². The summed E-state index contributed by atoms with van der Waals surface area (Å²) in [6.07, 6.45) is 0. The molecule has 1 N–H and O–H groups in total. The van der Waals surface area contributed by atoms with Crippen LogP contribution in [0.2, 0.25) is 0 Å². The predicted molar refractivity (Wildman–Crippen MR) is 121 cm³/mol. The molecule has 0 spiro atoms. The second-order valence-corrected chi connectivity index (χ2v) is 7.95. The van der Waals surface area contributed by atoms with Crippen molar-refractivity contribution in [3.63, 3.8) is 0 Å². The smallest absolute Gasteiger partial charge is 0.341 e. The summed E-state index contributed by atoms with van der Waals surface area (Å²) < 4.78 is 16.3. The van der Waals surface area contributed by atoms with E-state index in [1.54, 1.807) is 25.1 Å². The summed E-state index contributed by atoms with van der Waals surface area (Å²) in [5, 5.41) is 5.65. The highest BCUT2D eigenvalue weighted by molar-refractivity contribution is 7.15. The van der Waals surface area contributed by atoms with Crippen LogP contribution < -0.4 is 14.8 Å². The zero-order valence-electron chi connectivity index (χ0n) is 17.4. The lowest BCUT2D eigenvalue weighted by Gasteiger charge is -2.18. The Morgan fingerprint density at radius 1 is 1.06 bits per heavy atom. The number of ketones is 1. The third-order valence-electron chi connectivity index (χ3n) is 4.91. The minimum Gasteiger partial charge on any atom is -0.486 e. The molecule has 2 aromatic carbocycles. The Labute approximate surface area is 184 Å². The summed E-state index contributed by atoms with van der Waals surface area (Å²) in [6, 6.07) is 13.1. The largest absolute Gasteiger partial charge is 0.486 e. The molecule has 0 bridgehead atoms. The number of benzene rings is 2. The predicted octanol–water partition coefficient (Wildman–Crippen LogP) is 4.97. The van der Waals surface area contributed by atoms with Gasteiger partial charge >= 0.3 is 5.97 Å². The second kappa shape index (κ2) is 9.22. The molecule has 0 amide bonds. The number of hydrogen-bond acceptors (Lipinski definition) is 7. The quantitative estimate of drug-likeness (QED) is 0.416. The molecule has 2 heterocycles. The molecule has 7 heteroatoms. The van der Waals surface area contributed by atoms with E-state index in [9.17, 15) is 9.59 Å². The highest BCUT2D eigenvalue weighted by Gasteiger charge is 2.22. The van der Waals surface area contributed by atoms with Gasteiger partial charge < -0.3 is 19.5 Å². The van der Waals surface area contributed by atoms with Crippen molar-refractivity contribution >= 4 is 28.1 Å². The van der Waals surface area contributed by atoms with E-state index in [2.05, 4.69) is 5.32 Å². The fraction of sp³-hybridized carbons (Fsp3) is 0.250. The fourth-order valence-electron chi connectivity index (χ4n) is 3.32. The van der Waals surface area contributed by atoms with Crippen LogP contribution in [0.3, 0.4) is 0 Å². The second-order valence-electron chi connectivity index (χ2n) is 7.08. The number of Topliss-reactive ketones (excluding diaryl/α,β-unsaturated/α-hetero) is 1. The zero-order valence-corrected chi connectivity index (χ0v) is 18.2. The molecule has 3 aromatic rings. The molecule has 4 rings (SSSR count). The molecule has 0 radical (unpaired) electrons. The van der Waals surface area contributed by atoms with Crippen LogP contribution >= 0.6 is 11.3 Å². The summed E-state index contributed by atoms with van der Waals surface area (Å²) >= 11 is 1.38. The van der Waals surface area contributed by atoms with Gasteiger partial charge in [0, 0.05) is 16.5 Å². The number of carbonyl (C=O) groups is 2. The summed E-state index contributed by atoms with van der Waals surface area (Å²) in [5.74, 6) is 0.689. The van der Waals surface area contributed by atoms with Gasteiger partial charge in [0.05, 0.1) is 13.2 Å². The number of thiophene rings is 1. The summed E-state index contributed by atoms with van der Waals surface area (Å²) in [5.41, 5.74) is 3.82. The normalized spacial score (nSPS) is 12.3. The maximum absolute atomic E-state index is 12.8. The third kappa shape index (κ3) is 4.56. The number of ether oxygens (including phenoxy) is 3. The van der Waals surface area contributed by atoms with Gasteiger partial charge in [-0.05, 0) is 37.6 Å². The Morgan fingerprint density at radius 2 is 1.81 bits per heavy atom. The van der Waals surface area contributed by atoms with Crippen LogP contribution in [0.5, 0.6) is 11.5 Å². The van der Waals surface area contributed by atoms with Crippen molar-refractivity contribution in [2.75, 3.05) is 31.7 Å². The zero-order chi connectivity index (χ0) is 21.8. The van der Waals surface area contributed by atoms with Crippen LogP contribution in [0.25, 0.3) is 11.1 Å². The van der Waals surface area contributed by atoms with E-state index in [1.165, 1.54) is 11.3 Å². The van der Waals surface area contributed by atoms with Crippen LogP contribution in [0.15, 0.2) is 47.8 Å². The van der Waals surface area contributed by atoms with Crippen molar-refractivity contribution in [3.8, 4) is 22.6 Å². The molecule has 1 aromatic heterocycles. The monoisotopic (exact) mass is 437 g/mol. The van der Waals surface area contributed by atoms with Gasteiger partial charge in [0.25, 0.3) is 0 Å². The van der Waals surface area contributed by atoms with Crippen LogP contribution in [0, 0.1) is 6.92 Å². The molecule has 1 aliphatic heterocycles. The lowest BCUT2D eigenvalue weighted by Crippen LogP contribution is -2.18. The minimum atomic E-state index is -0.409. The van der Waals surface area contributed by atoms with Gasteiger partial charge in [-0.25, -0.2) is 4.79 Å².